The summed E-state index contributed by atoms with van der Waals surface area (Å²) >= 11 is 0. The molecule has 6 heteroatoms. The summed E-state index contributed by atoms with van der Waals surface area (Å²) in [5.41, 5.74) is 2.28. The minimum absolute atomic E-state index is 0.0218. The molecule has 0 radical (unpaired) electrons. The van der Waals surface area contributed by atoms with Crippen molar-refractivity contribution in [3.63, 3.8) is 0 Å². The van der Waals surface area contributed by atoms with E-state index in [9.17, 15) is 14.4 Å². The lowest BCUT2D eigenvalue weighted by Crippen LogP contribution is -2.49. The number of benzene rings is 2. The number of nitrogens with zero attached hydrogens (tertiary/aromatic N) is 2. The fourth-order valence-electron chi connectivity index (χ4n) is 5.03. The topological polar surface area (TPSA) is 69.7 Å². The van der Waals surface area contributed by atoms with Gasteiger partial charge in [0.2, 0.25) is 17.7 Å². The number of nitrogens with one attached hydrogen (secondary N) is 1. The van der Waals surface area contributed by atoms with Crippen molar-refractivity contribution in [3.8, 4) is 0 Å². The van der Waals surface area contributed by atoms with Gasteiger partial charge in [-0.15, -0.1) is 0 Å². The summed E-state index contributed by atoms with van der Waals surface area (Å²) in [5, 5.41) is 3.05. The van der Waals surface area contributed by atoms with E-state index in [0.29, 0.717) is 19.4 Å². The molecule has 2 heterocycles. The number of para-hydroxylation sites is 1. The highest BCUT2D eigenvalue weighted by Crippen LogP contribution is 2.49. The number of carbonyl (C=O) groups excluding carboxylic acids is 3. The van der Waals surface area contributed by atoms with Crippen molar-refractivity contribution in [2.75, 3.05) is 26.0 Å². The molecule has 6 nitrogen and oxygen atoms in total. The molecule has 1 N–H and O–H groups in total. The van der Waals surface area contributed by atoms with Crippen LogP contribution in [0.15, 0.2) is 54.6 Å². The maximum atomic E-state index is 13.3. The maximum Gasteiger partial charge on any atom is 0.237 e. The molecule has 162 valence electrons. The summed E-state index contributed by atoms with van der Waals surface area (Å²) in [7, 11) is 3.39. The normalized spacial score (nSPS) is 21.8. The highest BCUT2D eigenvalue weighted by Gasteiger charge is 2.58. The Morgan fingerprint density at radius 1 is 1.06 bits per heavy atom. The van der Waals surface area contributed by atoms with Crippen LogP contribution in [0.4, 0.5) is 5.69 Å². The molecule has 2 atom stereocenters. The van der Waals surface area contributed by atoms with E-state index in [-0.39, 0.29) is 36.6 Å². The Labute approximate surface area is 183 Å². The molecule has 0 unspecified atom stereocenters. The van der Waals surface area contributed by atoms with Crippen molar-refractivity contribution >= 4 is 23.4 Å². The van der Waals surface area contributed by atoms with Gasteiger partial charge < -0.3 is 15.1 Å². The fraction of sp³-hybridized carbons (Fsp3) is 0.400. The van der Waals surface area contributed by atoms with Gasteiger partial charge in [0.15, 0.2) is 0 Å². The van der Waals surface area contributed by atoms with Crippen LogP contribution in [0.1, 0.15) is 36.8 Å². The predicted octanol–water partition coefficient (Wildman–Crippen LogP) is 2.98. The van der Waals surface area contributed by atoms with Gasteiger partial charge in [-0.25, -0.2) is 0 Å². The second-order valence-corrected chi connectivity index (χ2v) is 8.64. The Morgan fingerprint density at radius 2 is 1.77 bits per heavy atom. The Hall–Kier alpha value is -3.15. The monoisotopic (exact) mass is 419 g/mol. The van der Waals surface area contributed by atoms with Crippen molar-refractivity contribution in [1.29, 1.82) is 0 Å². The summed E-state index contributed by atoms with van der Waals surface area (Å²) in [5.74, 6) is -0.138. The minimum Gasteiger partial charge on any atom is -0.349 e. The maximum absolute atomic E-state index is 13.3. The van der Waals surface area contributed by atoms with E-state index in [2.05, 4.69) is 17.4 Å². The van der Waals surface area contributed by atoms with Crippen LogP contribution in [-0.2, 0) is 26.2 Å². The standard InChI is InChI=1S/C25H29N3O3/c1-27(2)22(29)14-15-23(30)28-17-16-25(19-10-6-7-11-20(19)26-24(25)31)21(28)13-12-18-8-4-3-5-9-18/h3-11,21H,12-17H2,1-2H3,(H,26,31)/t21-,25+/m0/s1. The molecule has 31 heavy (non-hydrogen) atoms. The van der Waals surface area contributed by atoms with Gasteiger partial charge in [0.1, 0.15) is 0 Å². The molecule has 4 rings (SSSR count). The van der Waals surface area contributed by atoms with Crippen LogP contribution < -0.4 is 5.32 Å². The van der Waals surface area contributed by atoms with Crippen LogP contribution in [0.2, 0.25) is 0 Å². The van der Waals surface area contributed by atoms with E-state index in [4.69, 9.17) is 0 Å². The van der Waals surface area contributed by atoms with Gasteiger partial charge in [-0.2, -0.15) is 0 Å². The van der Waals surface area contributed by atoms with Gasteiger partial charge >= 0.3 is 0 Å². The molecule has 2 aromatic carbocycles. The van der Waals surface area contributed by atoms with Gasteiger partial charge in [-0.3, -0.25) is 14.4 Å². The summed E-state index contributed by atoms with van der Waals surface area (Å²) in [6.45, 7) is 0.524. The van der Waals surface area contributed by atoms with E-state index in [0.717, 1.165) is 17.7 Å². The van der Waals surface area contributed by atoms with Crippen molar-refractivity contribution in [3.05, 3.63) is 65.7 Å². The molecule has 2 aliphatic rings. The molecule has 3 amide bonds. The van der Waals surface area contributed by atoms with Gasteiger partial charge in [-0.05, 0) is 36.5 Å². The zero-order valence-electron chi connectivity index (χ0n) is 18.1. The fourth-order valence-corrected chi connectivity index (χ4v) is 5.03. The molecule has 1 fully saturated rings. The summed E-state index contributed by atoms with van der Waals surface area (Å²) in [4.78, 5) is 41.8. The lowest BCUT2D eigenvalue weighted by molar-refractivity contribution is -0.137. The second kappa shape index (κ2) is 8.53. The third-order valence-electron chi connectivity index (χ3n) is 6.67. The van der Waals surface area contributed by atoms with Gasteiger partial charge in [0.25, 0.3) is 0 Å². The minimum atomic E-state index is -0.730. The Balaban J connectivity index is 1.62. The van der Waals surface area contributed by atoms with Crippen LogP contribution >= 0.6 is 0 Å². The average Bonchev–Trinajstić information content (AvgIpc) is 3.30. The van der Waals surface area contributed by atoms with Crippen molar-refractivity contribution in [2.45, 2.75) is 43.6 Å². The van der Waals surface area contributed by atoms with Gasteiger partial charge in [0, 0.05) is 39.2 Å². The first-order valence-electron chi connectivity index (χ1n) is 10.9. The first kappa shape index (κ1) is 21.1. The lowest BCUT2D eigenvalue weighted by atomic mass is 9.73. The van der Waals surface area contributed by atoms with E-state index in [1.807, 2.05) is 47.4 Å². The number of anilines is 1. The van der Waals surface area contributed by atoms with Gasteiger partial charge in [0.05, 0.1) is 11.5 Å². The number of aryl methyl sites for hydroxylation is 1. The molecule has 0 aliphatic carbocycles. The van der Waals surface area contributed by atoms with Crippen molar-refractivity contribution in [2.24, 2.45) is 0 Å². The van der Waals surface area contributed by atoms with E-state index >= 15 is 0 Å². The molecule has 0 aromatic heterocycles. The average molecular weight is 420 g/mol. The first-order valence-corrected chi connectivity index (χ1v) is 10.9. The third-order valence-corrected chi connectivity index (χ3v) is 6.67. The van der Waals surface area contributed by atoms with Crippen LogP contribution in [0.25, 0.3) is 0 Å². The lowest BCUT2D eigenvalue weighted by Gasteiger charge is -2.34. The predicted molar refractivity (Wildman–Crippen MR) is 120 cm³/mol. The third kappa shape index (κ3) is 3.82. The summed E-state index contributed by atoms with van der Waals surface area (Å²) < 4.78 is 0. The van der Waals surface area contributed by atoms with E-state index < -0.39 is 5.41 Å². The van der Waals surface area contributed by atoms with Crippen molar-refractivity contribution in [1.82, 2.24) is 9.80 Å². The molecular formula is C25H29N3O3. The van der Waals surface area contributed by atoms with Gasteiger partial charge in [-0.1, -0.05) is 48.5 Å². The Morgan fingerprint density at radius 3 is 2.52 bits per heavy atom. The van der Waals surface area contributed by atoms with Crippen LogP contribution in [0.5, 0.6) is 0 Å². The number of likely N-dealkylation sites (tertiary alicyclic amines) is 1. The number of fused-ring (bicyclic) bond motifs is 2. The first-order chi connectivity index (χ1) is 14.9. The number of carbonyl (C=O) groups is 3. The molecule has 1 spiro atoms. The Kier molecular flexibility index (Phi) is 5.81. The number of hydrogen-bond acceptors (Lipinski definition) is 3. The molecule has 0 bridgehead atoms. The molecule has 2 aliphatic heterocycles. The Bertz CT molecular complexity index is 989. The largest absolute Gasteiger partial charge is 0.349 e. The van der Waals surface area contributed by atoms with Crippen molar-refractivity contribution < 1.29 is 14.4 Å². The smallest absolute Gasteiger partial charge is 0.237 e. The quantitative estimate of drug-likeness (QED) is 0.783. The number of amides is 3. The zero-order valence-corrected chi connectivity index (χ0v) is 18.1. The van der Waals surface area contributed by atoms with Crippen LogP contribution in [0.3, 0.4) is 0 Å². The summed E-state index contributed by atoms with van der Waals surface area (Å²) in [6, 6.07) is 17.7. The van der Waals surface area contributed by atoms with E-state index in [1.54, 1.807) is 14.1 Å². The molecule has 1 saturated heterocycles. The molecule has 0 saturated carbocycles. The highest BCUT2D eigenvalue weighted by atomic mass is 16.2. The number of hydrogen-bond donors (Lipinski definition) is 1. The second-order valence-electron chi connectivity index (χ2n) is 8.64. The number of rotatable bonds is 6. The summed E-state index contributed by atoms with van der Waals surface area (Å²) in [6.07, 6.45) is 2.42. The molecular weight excluding hydrogens is 390 g/mol. The highest BCUT2D eigenvalue weighted by molar-refractivity contribution is 6.07. The molecule has 2 aromatic rings. The van der Waals surface area contributed by atoms with E-state index in [1.165, 1.54) is 10.5 Å². The zero-order chi connectivity index (χ0) is 22.0. The van der Waals surface area contributed by atoms with Crippen LogP contribution in [0, 0.1) is 0 Å². The SMILES string of the molecule is CN(C)C(=O)CCC(=O)N1CC[C@]2(C(=O)Nc3ccccc32)[C@@H]1CCc1ccccc1. The van der Waals surface area contributed by atoms with Crippen LogP contribution in [-0.4, -0.2) is 54.2 Å².